The summed E-state index contributed by atoms with van der Waals surface area (Å²) in [5.41, 5.74) is 0. The summed E-state index contributed by atoms with van der Waals surface area (Å²) in [7, 11) is 0. The molecule has 0 amide bonds. The van der Waals surface area contributed by atoms with Crippen molar-refractivity contribution in [2.24, 2.45) is 0 Å². The van der Waals surface area contributed by atoms with Crippen LogP contribution >= 0.6 is 0 Å². The van der Waals surface area contributed by atoms with Gasteiger partial charge in [-0.25, -0.2) is 0 Å². The maximum absolute atomic E-state index is 13.1. The lowest BCUT2D eigenvalue weighted by atomic mass is 9.98. The first-order valence-corrected chi connectivity index (χ1v) is 28.8. The lowest BCUT2D eigenvalue weighted by Crippen LogP contribution is -2.61. The first kappa shape index (κ1) is 69.2. The summed E-state index contributed by atoms with van der Waals surface area (Å²) in [5.74, 6) is -0.413. The number of carbonyl (C=O) groups is 1. The molecule has 14 heteroatoms. The van der Waals surface area contributed by atoms with E-state index in [1.807, 2.05) is 0 Å². The van der Waals surface area contributed by atoms with E-state index in [1.165, 1.54) is 6.42 Å². The van der Waals surface area contributed by atoms with Crippen LogP contribution in [0.15, 0.2) is 134 Å². The van der Waals surface area contributed by atoms with Gasteiger partial charge in [0.15, 0.2) is 12.6 Å². The Kier molecular flexibility index (Phi) is 43.2. The summed E-state index contributed by atoms with van der Waals surface area (Å²) in [4.78, 5) is 13.1. The monoisotopic (exact) mass is 1080 g/mol. The number of carbonyl (C=O) groups excluding carboxylic acids is 1. The number of hydrogen-bond acceptors (Lipinski definition) is 14. The molecule has 436 valence electrons. The number of unbranched alkanes of at least 4 members (excludes halogenated alkanes) is 8. The van der Waals surface area contributed by atoms with Gasteiger partial charge >= 0.3 is 5.97 Å². The number of allylic oxidation sites excluding steroid dienone is 22. The Balaban J connectivity index is 1.76. The quantitative estimate of drug-likeness (QED) is 0.0172. The van der Waals surface area contributed by atoms with E-state index in [-0.39, 0.29) is 19.6 Å². The highest BCUT2D eigenvalue weighted by molar-refractivity contribution is 5.69. The van der Waals surface area contributed by atoms with E-state index in [9.17, 15) is 40.5 Å². The van der Waals surface area contributed by atoms with Crippen LogP contribution in [-0.4, -0.2) is 142 Å². The molecule has 0 saturated carbocycles. The van der Waals surface area contributed by atoms with E-state index >= 15 is 0 Å². The van der Waals surface area contributed by atoms with Crippen molar-refractivity contribution in [2.75, 3.05) is 33.0 Å². The fraction of sp³-hybridized carbons (Fsp3) is 0.635. The van der Waals surface area contributed by atoms with Crippen LogP contribution in [0.2, 0.25) is 0 Å². The zero-order valence-electron chi connectivity index (χ0n) is 46.6. The molecule has 2 aliphatic heterocycles. The summed E-state index contributed by atoms with van der Waals surface area (Å²) in [6.45, 7) is 3.26. The van der Waals surface area contributed by atoms with Gasteiger partial charge in [0, 0.05) is 13.0 Å². The van der Waals surface area contributed by atoms with Crippen LogP contribution in [-0.2, 0) is 33.2 Å². The van der Waals surface area contributed by atoms with Crippen LogP contribution in [0.5, 0.6) is 0 Å². The molecule has 0 spiro atoms. The van der Waals surface area contributed by atoms with Gasteiger partial charge in [-0.15, -0.1) is 0 Å². The van der Waals surface area contributed by atoms with E-state index < -0.39 is 86.7 Å². The van der Waals surface area contributed by atoms with Gasteiger partial charge in [0.25, 0.3) is 0 Å². The van der Waals surface area contributed by atoms with Crippen LogP contribution in [0.4, 0.5) is 0 Å². The van der Waals surface area contributed by atoms with Gasteiger partial charge in [-0.3, -0.25) is 4.79 Å². The summed E-state index contributed by atoms with van der Waals surface area (Å²) in [6, 6.07) is 0. The lowest BCUT2D eigenvalue weighted by Gasteiger charge is -2.42. The van der Waals surface area contributed by atoms with Gasteiger partial charge in [-0.05, 0) is 103 Å². The first-order chi connectivity index (χ1) is 37.6. The molecule has 2 rings (SSSR count). The van der Waals surface area contributed by atoms with Crippen molar-refractivity contribution in [1.29, 1.82) is 0 Å². The lowest BCUT2D eigenvalue weighted by molar-refractivity contribution is -0.332. The van der Waals surface area contributed by atoms with E-state index in [1.54, 1.807) is 0 Å². The molecule has 0 bridgehead atoms. The topological polar surface area (TPSA) is 214 Å². The van der Waals surface area contributed by atoms with Gasteiger partial charge in [0.2, 0.25) is 0 Å². The second-order valence-corrected chi connectivity index (χ2v) is 19.3. The van der Waals surface area contributed by atoms with Crippen LogP contribution in [0.25, 0.3) is 0 Å². The van der Waals surface area contributed by atoms with Crippen molar-refractivity contribution in [1.82, 2.24) is 0 Å². The smallest absolute Gasteiger partial charge is 0.306 e. The highest BCUT2D eigenvalue weighted by atomic mass is 16.7. The average Bonchev–Trinajstić information content (AvgIpc) is 3.43. The third kappa shape index (κ3) is 34.7. The Bertz CT molecular complexity index is 1780. The Morgan fingerprint density at radius 2 is 0.805 bits per heavy atom. The molecular weight excluding hydrogens is 981 g/mol. The molecule has 2 heterocycles. The molecule has 0 aromatic carbocycles. The number of hydrogen-bond donors (Lipinski definition) is 7. The van der Waals surface area contributed by atoms with Gasteiger partial charge in [0.05, 0.1) is 26.4 Å². The van der Waals surface area contributed by atoms with E-state index in [4.69, 9.17) is 28.4 Å². The predicted octanol–water partition coefficient (Wildman–Crippen LogP) is 10.3. The number of esters is 1. The summed E-state index contributed by atoms with van der Waals surface area (Å²) in [6.07, 6.45) is 52.3. The highest BCUT2D eigenvalue weighted by Crippen LogP contribution is 2.26. The summed E-state index contributed by atoms with van der Waals surface area (Å²) >= 11 is 0. The molecule has 0 aliphatic carbocycles. The normalized spacial score (nSPS) is 25.3. The Morgan fingerprint density at radius 3 is 1.26 bits per heavy atom. The van der Waals surface area contributed by atoms with Crippen molar-refractivity contribution in [3.8, 4) is 0 Å². The Labute approximate surface area is 462 Å². The van der Waals surface area contributed by atoms with Crippen molar-refractivity contribution in [3.05, 3.63) is 134 Å². The minimum absolute atomic E-state index is 0.00670. The average molecular weight is 1080 g/mol. The molecule has 77 heavy (non-hydrogen) atoms. The van der Waals surface area contributed by atoms with Crippen molar-refractivity contribution in [2.45, 2.75) is 223 Å². The number of aliphatic hydroxyl groups excluding tert-OH is 7. The molecule has 11 unspecified atom stereocenters. The molecule has 0 aromatic heterocycles. The van der Waals surface area contributed by atoms with Crippen LogP contribution in [0.3, 0.4) is 0 Å². The number of aliphatic hydroxyl groups is 7. The molecule has 2 fully saturated rings. The van der Waals surface area contributed by atoms with Crippen LogP contribution in [0.1, 0.15) is 155 Å². The number of ether oxygens (including phenoxy) is 6. The van der Waals surface area contributed by atoms with Gasteiger partial charge in [-0.2, -0.15) is 0 Å². The Hall–Kier alpha value is -3.87. The maximum atomic E-state index is 13.1. The zero-order chi connectivity index (χ0) is 55.8. The SMILES string of the molecule is CC/C=C\C/C=C\C/C=C\C/C=C\C/C=C\C/C=C\CCCOCC(COC1OC(COC2OC(CO)C(O)C(O)C2O)C(O)C(O)C1O)OC(=O)CCCCCCCCC/C=C\C/C=C\C/C=C\C/C=C\C/C=C\CC. The fourth-order valence-electron chi connectivity index (χ4n) is 8.09. The summed E-state index contributed by atoms with van der Waals surface area (Å²) in [5, 5.41) is 72.4. The Morgan fingerprint density at radius 1 is 0.429 bits per heavy atom. The molecular formula is C63H100O14. The van der Waals surface area contributed by atoms with Gasteiger partial charge < -0.3 is 64.2 Å². The molecule has 2 saturated heterocycles. The van der Waals surface area contributed by atoms with Crippen LogP contribution < -0.4 is 0 Å². The second kappa shape index (κ2) is 48.1. The largest absolute Gasteiger partial charge is 0.457 e. The highest BCUT2D eigenvalue weighted by Gasteiger charge is 2.47. The molecule has 7 N–H and O–H groups in total. The molecule has 0 radical (unpaired) electrons. The molecule has 14 nitrogen and oxygen atoms in total. The van der Waals surface area contributed by atoms with Gasteiger partial charge in [-0.1, -0.05) is 180 Å². The molecule has 2 aliphatic rings. The minimum atomic E-state index is -1.73. The second-order valence-electron chi connectivity index (χ2n) is 19.3. The molecule has 0 aromatic rings. The minimum Gasteiger partial charge on any atom is -0.457 e. The van der Waals surface area contributed by atoms with E-state index in [2.05, 4.69) is 148 Å². The van der Waals surface area contributed by atoms with E-state index in [0.717, 1.165) is 122 Å². The number of rotatable bonds is 44. The first-order valence-electron chi connectivity index (χ1n) is 28.8. The van der Waals surface area contributed by atoms with Gasteiger partial charge in [0.1, 0.15) is 54.9 Å². The third-order valence-electron chi connectivity index (χ3n) is 12.7. The third-order valence-corrected chi connectivity index (χ3v) is 12.7. The van der Waals surface area contributed by atoms with Crippen molar-refractivity contribution in [3.63, 3.8) is 0 Å². The maximum Gasteiger partial charge on any atom is 0.306 e. The standard InChI is InChI=1S/C63H100O14/c1-3-5-7-9-11-13-15-17-19-21-23-25-26-27-28-30-32-34-36-38-40-42-44-46-55(65)75-52(49-72-47-45-43-41-39-37-35-33-31-29-24-22-20-18-16-14-12-10-8-6-4-2)50-73-62-61(71)59(69)57(67)54(77-62)51-74-63-60(70)58(68)56(66)53(48-64)76-63/h5-8,11-14,17-20,23-25,27-29,33,35,39,41,52-54,56-64,66-71H,3-4,9-10,15-16,21-22,26,30-32,34,36-38,40,42-51H2,1-2H3/b7-5-,8-6-,13-11-,14-12-,19-17-,20-18-,25-23-,28-27-,29-24-,35-33-,41-39-. The molecule has 11 atom stereocenters. The van der Waals surface area contributed by atoms with E-state index in [0.29, 0.717) is 13.0 Å². The zero-order valence-corrected chi connectivity index (χ0v) is 46.6. The fourth-order valence-corrected chi connectivity index (χ4v) is 8.09. The summed E-state index contributed by atoms with van der Waals surface area (Å²) < 4.78 is 34.3. The van der Waals surface area contributed by atoms with Crippen molar-refractivity contribution >= 4 is 5.97 Å². The predicted molar refractivity (Wildman–Crippen MR) is 307 cm³/mol. The van der Waals surface area contributed by atoms with Crippen LogP contribution in [0, 0.1) is 0 Å². The van der Waals surface area contributed by atoms with Crippen molar-refractivity contribution < 1.29 is 69.0 Å².